The van der Waals surface area contributed by atoms with Crippen LogP contribution < -0.4 is 10.2 Å². The summed E-state index contributed by atoms with van der Waals surface area (Å²) in [5.74, 6) is 0. The molecule has 1 aromatic carbocycles. The molecule has 24 heavy (non-hydrogen) atoms. The summed E-state index contributed by atoms with van der Waals surface area (Å²) >= 11 is 1.57. The number of rotatable bonds is 6. The van der Waals surface area contributed by atoms with Crippen molar-refractivity contribution in [2.24, 2.45) is 0 Å². The van der Waals surface area contributed by atoms with E-state index in [-0.39, 0.29) is 11.7 Å². The molecule has 0 fully saturated rings. The Morgan fingerprint density at radius 2 is 2.04 bits per heavy atom. The van der Waals surface area contributed by atoms with Crippen LogP contribution in [-0.4, -0.2) is 25.6 Å². The van der Waals surface area contributed by atoms with Crippen LogP contribution in [0.25, 0.3) is 0 Å². The van der Waals surface area contributed by atoms with Crippen LogP contribution in [-0.2, 0) is 6.18 Å². The molecule has 0 radical (unpaired) electrons. The van der Waals surface area contributed by atoms with Crippen LogP contribution in [0.1, 0.15) is 16.5 Å². The van der Waals surface area contributed by atoms with Crippen molar-refractivity contribution in [1.82, 2.24) is 0 Å². The maximum absolute atomic E-state index is 12.7. The lowest BCUT2D eigenvalue weighted by Gasteiger charge is -2.21. The summed E-state index contributed by atoms with van der Waals surface area (Å²) in [5.41, 5.74) is -1.54. The highest BCUT2D eigenvalue weighted by Crippen LogP contribution is 2.35. The number of quaternary nitrogens is 1. The Morgan fingerprint density at radius 3 is 2.54 bits per heavy atom. The summed E-state index contributed by atoms with van der Waals surface area (Å²) in [7, 11) is 3.90. The Kier molecular flexibility index (Phi) is 5.45. The highest BCUT2D eigenvalue weighted by atomic mass is 32.1. The Balaban J connectivity index is 2.24. The average Bonchev–Trinajstić information content (AvgIpc) is 3.00. The van der Waals surface area contributed by atoms with Crippen molar-refractivity contribution in [3.8, 4) is 0 Å². The average molecular weight is 360 g/mol. The summed E-state index contributed by atoms with van der Waals surface area (Å²) in [4.78, 5) is 12.5. The molecule has 0 unspecified atom stereocenters. The molecule has 2 N–H and O–H groups in total. The van der Waals surface area contributed by atoms with Crippen molar-refractivity contribution < 1.29 is 23.0 Å². The molecular formula is C15H17F3N3O2S+. The SMILES string of the molecule is C[NH+](C)[C@H](CNc1ccc(C(F)(F)F)cc1[N+](=O)[O-])c1cccs1. The van der Waals surface area contributed by atoms with E-state index in [2.05, 4.69) is 5.32 Å². The van der Waals surface area contributed by atoms with Gasteiger partial charge in [-0.05, 0) is 23.6 Å². The van der Waals surface area contributed by atoms with Gasteiger partial charge in [-0.2, -0.15) is 13.2 Å². The minimum absolute atomic E-state index is 0.0342. The number of benzene rings is 1. The molecule has 0 aliphatic rings. The second kappa shape index (κ2) is 7.18. The lowest BCUT2D eigenvalue weighted by Crippen LogP contribution is -3.06. The monoisotopic (exact) mass is 360 g/mol. The van der Waals surface area contributed by atoms with Crippen molar-refractivity contribution >= 4 is 22.7 Å². The molecule has 0 amide bonds. The molecule has 2 rings (SSSR count). The fourth-order valence-electron chi connectivity index (χ4n) is 2.30. The van der Waals surface area contributed by atoms with Gasteiger partial charge in [-0.25, -0.2) is 0 Å². The minimum atomic E-state index is -4.61. The van der Waals surface area contributed by atoms with Crippen LogP contribution in [0, 0.1) is 10.1 Å². The zero-order valence-electron chi connectivity index (χ0n) is 13.1. The first-order chi connectivity index (χ1) is 11.2. The summed E-state index contributed by atoms with van der Waals surface area (Å²) in [6.07, 6.45) is -4.61. The first-order valence-corrected chi connectivity index (χ1v) is 8.01. The number of anilines is 1. The molecule has 0 aliphatic carbocycles. The van der Waals surface area contributed by atoms with E-state index in [0.717, 1.165) is 21.9 Å². The molecule has 1 aromatic heterocycles. The van der Waals surface area contributed by atoms with Crippen LogP contribution in [0.2, 0.25) is 0 Å². The van der Waals surface area contributed by atoms with Gasteiger partial charge in [0.15, 0.2) is 0 Å². The van der Waals surface area contributed by atoms with Crippen molar-refractivity contribution in [2.75, 3.05) is 26.0 Å². The van der Waals surface area contributed by atoms with Gasteiger partial charge < -0.3 is 10.2 Å². The fourth-order valence-corrected chi connectivity index (χ4v) is 3.25. The smallest absolute Gasteiger partial charge is 0.373 e. The first-order valence-electron chi connectivity index (χ1n) is 7.13. The van der Waals surface area contributed by atoms with E-state index in [1.54, 1.807) is 11.3 Å². The number of halogens is 3. The number of nitrogens with zero attached hydrogens (tertiary/aromatic N) is 1. The molecule has 1 heterocycles. The van der Waals surface area contributed by atoms with E-state index in [0.29, 0.717) is 12.6 Å². The molecule has 1 atom stereocenters. The second-order valence-corrected chi connectivity index (χ2v) is 6.49. The van der Waals surface area contributed by atoms with Gasteiger partial charge in [0.1, 0.15) is 11.7 Å². The van der Waals surface area contributed by atoms with Gasteiger partial charge in [-0.15, -0.1) is 11.3 Å². The summed E-state index contributed by atoms with van der Waals surface area (Å²) in [6, 6.07) is 6.43. The molecule has 9 heteroatoms. The third-order valence-corrected chi connectivity index (χ3v) is 4.59. The number of hydrogen-bond donors (Lipinski definition) is 2. The van der Waals surface area contributed by atoms with Gasteiger partial charge in [-0.1, -0.05) is 6.07 Å². The second-order valence-electron chi connectivity index (χ2n) is 5.51. The van der Waals surface area contributed by atoms with Gasteiger partial charge in [-0.3, -0.25) is 10.1 Å². The molecule has 0 saturated heterocycles. The molecule has 130 valence electrons. The maximum atomic E-state index is 12.7. The number of nitro benzene ring substituents is 1. The summed E-state index contributed by atoms with van der Waals surface area (Å²) in [5, 5.41) is 16.0. The normalized spacial score (nSPS) is 13.1. The Labute approximate surface area is 140 Å². The predicted octanol–water partition coefficient (Wildman–Crippen LogP) is 2.97. The number of alkyl halides is 3. The van der Waals surface area contributed by atoms with Crippen LogP contribution in [0.15, 0.2) is 35.7 Å². The molecule has 0 aliphatic heterocycles. The van der Waals surface area contributed by atoms with Crippen LogP contribution in [0.3, 0.4) is 0 Å². The zero-order valence-corrected chi connectivity index (χ0v) is 13.9. The van der Waals surface area contributed by atoms with Gasteiger partial charge >= 0.3 is 6.18 Å². The highest BCUT2D eigenvalue weighted by Gasteiger charge is 2.33. The van der Waals surface area contributed by atoms with E-state index in [4.69, 9.17) is 0 Å². The van der Waals surface area contributed by atoms with Crippen LogP contribution in [0.5, 0.6) is 0 Å². The number of hydrogen-bond acceptors (Lipinski definition) is 4. The largest absolute Gasteiger partial charge is 0.416 e. The molecule has 0 saturated carbocycles. The molecular weight excluding hydrogens is 343 g/mol. The molecule has 0 bridgehead atoms. The van der Waals surface area contributed by atoms with Crippen LogP contribution >= 0.6 is 11.3 Å². The Hall–Kier alpha value is -2.13. The fraction of sp³-hybridized carbons (Fsp3) is 0.333. The number of nitro groups is 1. The quantitative estimate of drug-likeness (QED) is 0.615. The first kappa shape index (κ1) is 18.2. The topological polar surface area (TPSA) is 59.6 Å². The van der Waals surface area contributed by atoms with Crippen LogP contribution in [0.4, 0.5) is 24.5 Å². The molecule has 5 nitrogen and oxygen atoms in total. The number of likely N-dealkylation sites (N-methyl/N-ethyl adjacent to an activating group) is 1. The lowest BCUT2D eigenvalue weighted by molar-refractivity contribution is -0.889. The van der Waals surface area contributed by atoms with Crippen molar-refractivity contribution in [3.05, 3.63) is 56.3 Å². The van der Waals surface area contributed by atoms with Crippen molar-refractivity contribution in [3.63, 3.8) is 0 Å². The third kappa shape index (κ3) is 4.24. The van der Waals surface area contributed by atoms with Gasteiger partial charge in [0, 0.05) is 6.07 Å². The summed E-state index contributed by atoms with van der Waals surface area (Å²) < 4.78 is 38.2. The zero-order chi connectivity index (χ0) is 17.9. The summed E-state index contributed by atoms with van der Waals surface area (Å²) in [6.45, 7) is 0.370. The van der Waals surface area contributed by atoms with E-state index in [1.807, 2.05) is 31.6 Å². The van der Waals surface area contributed by atoms with Crippen molar-refractivity contribution in [1.29, 1.82) is 0 Å². The highest BCUT2D eigenvalue weighted by molar-refractivity contribution is 7.10. The third-order valence-electron chi connectivity index (χ3n) is 3.60. The van der Waals surface area contributed by atoms with Gasteiger partial charge in [0.2, 0.25) is 0 Å². The maximum Gasteiger partial charge on any atom is 0.416 e. The molecule has 0 spiro atoms. The van der Waals surface area contributed by atoms with Gasteiger partial charge in [0.05, 0.1) is 36.0 Å². The predicted molar refractivity (Wildman–Crippen MR) is 86.5 cm³/mol. The standard InChI is InChI=1S/C15H16F3N3O2S/c1-20(2)13(14-4-3-7-24-14)9-19-11-6-5-10(15(16,17)18)8-12(11)21(22)23/h3-8,13,19H,9H2,1-2H3/p+1/t13-/m1/s1. The Bertz CT molecular complexity index is 702. The molecule has 2 aromatic rings. The number of nitrogens with one attached hydrogen (secondary N) is 2. The van der Waals surface area contributed by atoms with Crippen molar-refractivity contribution in [2.45, 2.75) is 12.2 Å². The number of thiophene rings is 1. The Morgan fingerprint density at radius 1 is 1.33 bits per heavy atom. The van der Waals surface area contributed by atoms with E-state index >= 15 is 0 Å². The van der Waals surface area contributed by atoms with E-state index in [1.165, 1.54) is 0 Å². The lowest BCUT2D eigenvalue weighted by atomic mass is 10.1. The van der Waals surface area contributed by atoms with E-state index < -0.39 is 22.4 Å². The minimum Gasteiger partial charge on any atom is -0.373 e. The van der Waals surface area contributed by atoms with Gasteiger partial charge in [0.25, 0.3) is 5.69 Å². The van der Waals surface area contributed by atoms with E-state index in [9.17, 15) is 23.3 Å².